The van der Waals surface area contributed by atoms with Crippen LogP contribution < -0.4 is 11.2 Å². The van der Waals surface area contributed by atoms with Crippen LogP contribution in [0.5, 0.6) is 0 Å². The third-order valence-electron chi connectivity index (χ3n) is 3.46. The molecule has 0 radical (unpaired) electrons. The lowest BCUT2D eigenvalue weighted by Gasteiger charge is -2.20. The lowest BCUT2D eigenvalue weighted by Crippen LogP contribution is -2.31. The summed E-state index contributed by atoms with van der Waals surface area (Å²) in [7, 11) is -15.2. The highest BCUT2D eigenvalue weighted by Gasteiger charge is 2.43. The zero-order valence-corrected chi connectivity index (χ0v) is 17.1. The van der Waals surface area contributed by atoms with Gasteiger partial charge in [0.05, 0.1) is 12.7 Å². The van der Waals surface area contributed by atoms with Gasteiger partial charge in [0.25, 0.3) is 5.56 Å². The molecule has 29 heavy (non-hydrogen) atoms. The molecular weight excluding hydrogens is 465 g/mol. The van der Waals surface area contributed by atoms with Crippen LogP contribution in [0, 0.1) is 0 Å². The van der Waals surface area contributed by atoms with Crippen molar-refractivity contribution in [2.75, 3.05) is 13.7 Å². The van der Waals surface area contributed by atoms with Crippen molar-refractivity contribution in [3.63, 3.8) is 0 Å². The molecule has 2 rings (SSSR count). The van der Waals surface area contributed by atoms with Crippen LogP contribution in [0.15, 0.2) is 21.9 Å². The Hall–Kier alpha value is -0.990. The Labute approximate surface area is 161 Å². The first-order chi connectivity index (χ1) is 13.2. The van der Waals surface area contributed by atoms with Gasteiger partial charge >= 0.3 is 29.2 Å². The lowest BCUT2D eigenvalue weighted by atomic mass is 10.2. The molecule has 0 aromatic carbocycles. The molecule has 19 heteroatoms. The van der Waals surface area contributed by atoms with Gasteiger partial charge in [0, 0.05) is 25.8 Å². The molecule has 1 aromatic heterocycles. The Morgan fingerprint density at radius 1 is 1.17 bits per heavy atom. The number of nitrogens with one attached hydrogen (secondary N) is 1. The number of phosphoric acid groups is 3. The van der Waals surface area contributed by atoms with Gasteiger partial charge in [0.2, 0.25) is 0 Å². The van der Waals surface area contributed by atoms with Crippen LogP contribution in [-0.4, -0.2) is 55.0 Å². The number of phosphoric ester groups is 1. The third-order valence-corrected chi connectivity index (χ3v) is 7.27. The van der Waals surface area contributed by atoms with Gasteiger partial charge in [-0.25, -0.2) is 18.5 Å². The number of aromatic amines is 1. The van der Waals surface area contributed by atoms with Gasteiger partial charge in [0.1, 0.15) is 12.3 Å². The summed E-state index contributed by atoms with van der Waals surface area (Å²) >= 11 is 0. The zero-order valence-electron chi connectivity index (χ0n) is 14.5. The molecule has 3 unspecified atom stereocenters. The quantitative estimate of drug-likeness (QED) is 0.271. The van der Waals surface area contributed by atoms with Crippen LogP contribution in [0.3, 0.4) is 0 Å². The molecule has 0 spiro atoms. The fourth-order valence-corrected chi connectivity index (χ4v) is 5.42. The number of hydrogen-bond acceptors (Lipinski definition) is 10. The van der Waals surface area contributed by atoms with Crippen molar-refractivity contribution in [1.82, 2.24) is 9.55 Å². The number of aromatic nitrogens is 2. The second-order valence-electron chi connectivity index (χ2n) is 5.54. The number of methoxy groups -OCH3 is 1. The highest BCUT2D eigenvalue weighted by atomic mass is 31.3. The largest absolute Gasteiger partial charge is 0.490 e. The van der Waals surface area contributed by atoms with E-state index in [1.165, 1.54) is 13.3 Å². The number of hydrogen-bond donors (Lipinski definition) is 5. The normalized spacial score (nSPS) is 26.7. The van der Waals surface area contributed by atoms with E-state index < -0.39 is 59.8 Å². The Morgan fingerprint density at radius 2 is 1.83 bits per heavy atom. The van der Waals surface area contributed by atoms with Crippen LogP contribution in [0.1, 0.15) is 12.6 Å². The summed E-state index contributed by atoms with van der Waals surface area (Å²) in [6.45, 7) is -0.739. The smallest absolute Gasteiger partial charge is 0.378 e. The van der Waals surface area contributed by atoms with Crippen LogP contribution in [0.4, 0.5) is 0 Å². The van der Waals surface area contributed by atoms with E-state index in [2.05, 4.69) is 13.1 Å². The average molecular weight is 482 g/mol. The first-order valence-electron chi connectivity index (χ1n) is 7.49. The van der Waals surface area contributed by atoms with Gasteiger partial charge in [-0.15, -0.1) is 0 Å². The summed E-state index contributed by atoms with van der Waals surface area (Å²) in [6, 6.07) is 1.08. The molecule has 0 bridgehead atoms. The van der Waals surface area contributed by atoms with Crippen molar-refractivity contribution in [3.8, 4) is 0 Å². The fraction of sp³-hybridized carbons (Fsp3) is 0.600. The number of H-pyrrole nitrogens is 1. The van der Waals surface area contributed by atoms with Gasteiger partial charge in [-0.1, -0.05) is 0 Å². The molecule has 0 saturated carbocycles. The predicted molar refractivity (Wildman–Crippen MR) is 90.5 cm³/mol. The Balaban J connectivity index is 2.04. The first-order valence-corrected chi connectivity index (χ1v) is 12.0. The minimum atomic E-state index is -5.64. The average Bonchev–Trinajstić information content (AvgIpc) is 2.92. The molecule has 0 amide bonds. The molecule has 1 fully saturated rings. The van der Waals surface area contributed by atoms with Crippen LogP contribution >= 0.6 is 23.5 Å². The van der Waals surface area contributed by atoms with E-state index in [0.29, 0.717) is 0 Å². The molecule has 5 atom stereocenters. The molecule has 5 N–H and O–H groups in total. The standard InChI is InChI=1S/C10H17N2O14P3/c1-22-6-4-9(12-3-2-8(13)11-10(12)14)24-7(6)5-23-28(18,19)26-29(20,21)25-27(15,16)17/h2-3,6-7,9H,4-5H2,1H3,(H,18,19)(H,20,21)(H,11,13,14)(H2,15,16,17)/t6-,7?,9+/m0/s1. The highest BCUT2D eigenvalue weighted by molar-refractivity contribution is 7.66. The van der Waals surface area contributed by atoms with Gasteiger partial charge in [-0.2, -0.15) is 8.62 Å². The van der Waals surface area contributed by atoms with Crippen molar-refractivity contribution in [1.29, 1.82) is 0 Å². The summed E-state index contributed by atoms with van der Waals surface area (Å²) in [5.74, 6) is 0. The lowest BCUT2D eigenvalue weighted by molar-refractivity contribution is -0.0524. The molecule has 2 heterocycles. The minimum absolute atomic E-state index is 0.0763. The number of rotatable bonds is 9. The predicted octanol–water partition coefficient (Wildman–Crippen LogP) is -0.818. The van der Waals surface area contributed by atoms with Crippen LogP contribution in [0.25, 0.3) is 0 Å². The maximum absolute atomic E-state index is 11.8. The van der Waals surface area contributed by atoms with Crippen LogP contribution in [-0.2, 0) is 36.3 Å². The Bertz CT molecular complexity index is 982. The van der Waals surface area contributed by atoms with Gasteiger partial charge < -0.3 is 29.0 Å². The summed E-state index contributed by atoms with van der Waals surface area (Å²) in [6.07, 6.45) is -1.51. The maximum atomic E-state index is 11.8. The monoisotopic (exact) mass is 482 g/mol. The van der Waals surface area contributed by atoms with E-state index in [4.69, 9.17) is 24.2 Å². The Kier molecular flexibility index (Phi) is 7.55. The fourth-order valence-electron chi connectivity index (χ4n) is 2.39. The van der Waals surface area contributed by atoms with Crippen LogP contribution in [0.2, 0.25) is 0 Å². The van der Waals surface area contributed by atoms with Crippen molar-refractivity contribution < 1.29 is 55.9 Å². The van der Waals surface area contributed by atoms with Crippen molar-refractivity contribution in [2.45, 2.75) is 24.9 Å². The number of ether oxygens (including phenoxy) is 2. The zero-order chi connectivity index (χ0) is 22.0. The molecule has 1 aliphatic rings. The minimum Gasteiger partial charge on any atom is -0.378 e. The van der Waals surface area contributed by atoms with Crippen molar-refractivity contribution in [3.05, 3.63) is 33.1 Å². The molecule has 16 nitrogen and oxygen atoms in total. The van der Waals surface area contributed by atoms with E-state index in [9.17, 15) is 28.2 Å². The second kappa shape index (κ2) is 9.02. The van der Waals surface area contributed by atoms with Gasteiger partial charge in [0.15, 0.2) is 0 Å². The van der Waals surface area contributed by atoms with E-state index in [-0.39, 0.29) is 6.42 Å². The van der Waals surface area contributed by atoms with Gasteiger partial charge in [-0.05, 0) is 0 Å². The topological polar surface area (TPSA) is 233 Å². The molecular formula is C10H17N2O14P3. The maximum Gasteiger partial charge on any atom is 0.490 e. The second-order valence-corrected chi connectivity index (χ2v) is 9.96. The summed E-state index contributed by atoms with van der Waals surface area (Å²) < 4.78 is 57.0. The number of nitrogens with zero attached hydrogens (tertiary/aromatic N) is 1. The molecule has 1 aliphatic heterocycles. The molecule has 1 saturated heterocycles. The van der Waals surface area contributed by atoms with E-state index >= 15 is 0 Å². The van der Waals surface area contributed by atoms with Crippen molar-refractivity contribution in [2.24, 2.45) is 0 Å². The van der Waals surface area contributed by atoms with Crippen molar-refractivity contribution >= 4 is 23.5 Å². The van der Waals surface area contributed by atoms with E-state index in [1.807, 2.05) is 4.98 Å². The summed E-state index contributed by atoms with van der Waals surface area (Å²) in [5.41, 5.74) is -1.40. The summed E-state index contributed by atoms with van der Waals surface area (Å²) in [4.78, 5) is 60.5. The van der Waals surface area contributed by atoms with Gasteiger partial charge in [-0.3, -0.25) is 18.9 Å². The molecule has 1 aromatic rings. The summed E-state index contributed by atoms with van der Waals surface area (Å²) in [5, 5.41) is 0. The SMILES string of the molecule is CO[C@H]1C[C@H](n2ccc(=O)[nH]c2=O)OC1COP(=O)(O)OP(=O)(O)OP(=O)(O)O. The van der Waals surface area contributed by atoms with E-state index in [1.54, 1.807) is 0 Å². The molecule has 0 aliphatic carbocycles. The third kappa shape index (κ3) is 7.33. The highest BCUT2D eigenvalue weighted by Crippen LogP contribution is 2.66. The first kappa shape index (κ1) is 24.3. The molecule has 166 valence electrons. The Morgan fingerprint density at radius 3 is 2.38 bits per heavy atom. The van der Waals surface area contributed by atoms with E-state index in [0.717, 1.165) is 10.6 Å².